The Morgan fingerprint density at radius 2 is 1.81 bits per heavy atom. The quantitative estimate of drug-likeness (QED) is 0.874. The molecular formula is C18H28N2O. The van der Waals surface area contributed by atoms with Gasteiger partial charge in [-0.15, -0.1) is 0 Å². The van der Waals surface area contributed by atoms with Crippen LogP contribution in [0, 0.1) is 0 Å². The lowest BCUT2D eigenvalue weighted by molar-refractivity contribution is 0.127. The third-order valence-corrected chi connectivity index (χ3v) is 5.51. The number of nitrogens with one attached hydrogen (secondary N) is 1. The number of hydrogen-bond acceptors (Lipinski definition) is 3. The Morgan fingerprint density at radius 1 is 1.19 bits per heavy atom. The Bertz CT molecular complexity index is 447. The van der Waals surface area contributed by atoms with E-state index >= 15 is 0 Å². The van der Waals surface area contributed by atoms with Crippen LogP contribution in [-0.4, -0.2) is 41.2 Å². The van der Waals surface area contributed by atoms with Gasteiger partial charge in [0, 0.05) is 24.2 Å². The zero-order valence-electron chi connectivity index (χ0n) is 13.3. The van der Waals surface area contributed by atoms with Crippen LogP contribution in [0.4, 0.5) is 0 Å². The fraction of sp³-hybridized carbons (Fsp3) is 0.667. The second-order valence-electron chi connectivity index (χ2n) is 6.98. The van der Waals surface area contributed by atoms with Crippen LogP contribution in [0.3, 0.4) is 0 Å². The molecule has 3 atom stereocenters. The number of fused-ring (bicyclic) bond motifs is 2. The number of phenolic OH excluding ortho intramolecular Hbond substituents is 1. The first-order valence-electron chi connectivity index (χ1n) is 8.37. The smallest absolute Gasteiger partial charge is 0.115 e. The first-order valence-corrected chi connectivity index (χ1v) is 8.37. The van der Waals surface area contributed by atoms with Crippen LogP contribution in [0.1, 0.15) is 44.6 Å². The molecule has 3 rings (SSSR count). The highest BCUT2D eigenvalue weighted by Crippen LogP contribution is 2.30. The molecule has 0 saturated carbocycles. The lowest BCUT2D eigenvalue weighted by Gasteiger charge is -2.39. The lowest BCUT2D eigenvalue weighted by Crippen LogP contribution is -2.49. The number of hydrogen-bond donors (Lipinski definition) is 2. The van der Waals surface area contributed by atoms with Gasteiger partial charge in [-0.25, -0.2) is 0 Å². The molecule has 2 N–H and O–H groups in total. The molecule has 0 amide bonds. The second-order valence-corrected chi connectivity index (χ2v) is 6.98. The largest absolute Gasteiger partial charge is 0.508 e. The summed E-state index contributed by atoms with van der Waals surface area (Å²) in [6.45, 7) is 2.35. The van der Waals surface area contributed by atoms with Crippen molar-refractivity contribution in [2.45, 2.75) is 69.6 Å². The monoisotopic (exact) mass is 288 g/mol. The molecule has 3 nitrogen and oxygen atoms in total. The van der Waals surface area contributed by atoms with Crippen molar-refractivity contribution in [2.75, 3.05) is 7.05 Å². The molecule has 1 aromatic carbocycles. The molecule has 2 aliphatic heterocycles. The maximum atomic E-state index is 9.33. The minimum atomic E-state index is 0.356. The van der Waals surface area contributed by atoms with Crippen molar-refractivity contribution < 1.29 is 5.11 Å². The second kappa shape index (κ2) is 6.37. The average Bonchev–Trinajstić information content (AvgIpc) is 2.84. The van der Waals surface area contributed by atoms with Crippen LogP contribution < -0.4 is 5.32 Å². The molecular weight excluding hydrogens is 260 g/mol. The van der Waals surface area contributed by atoms with Crippen LogP contribution in [0.5, 0.6) is 5.75 Å². The van der Waals surface area contributed by atoms with Gasteiger partial charge in [0.1, 0.15) is 5.75 Å². The van der Waals surface area contributed by atoms with Crippen molar-refractivity contribution in [3.05, 3.63) is 29.8 Å². The summed E-state index contributed by atoms with van der Waals surface area (Å²) in [5, 5.41) is 13.1. The predicted molar refractivity (Wildman–Crippen MR) is 86.6 cm³/mol. The van der Waals surface area contributed by atoms with Gasteiger partial charge < -0.3 is 15.3 Å². The standard InChI is InChI=1S/C18H28N2O/c1-13(3-4-14-5-9-18(21)10-6-14)20(2)17-11-15-7-8-16(12-17)19-15/h5-6,9-10,13,15-17,19,21H,3-4,7-8,11-12H2,1-2H3. The maximum Gasteiger partial charge on any atom is 0.115 e. The van der Waals surface area contributed by atoms with E-state index in [4.69, 9.17) is 0 Å². The summed E-state index contributed by atoms with van der Waals surface area (Å²) in [5.41, 5.74) is 1.32. The topological polar surface area (TPSA) is 35.5 Å². The molecule has 0 spiro atoms. The normalized spacial score (nSPS) is 29.8. The summed E-state index contributed by atoms with van der Waals surface area (Å²) in [6, 6.07) is 10.5. The fourth-order valence-corrected chi connectivity index (χ4v) is 3.96. The maximum absolute atomic E-state index is 9.33. The third kappa shape index (κ3) is 3.58. The van der Waals surface area contributed by atoms with Gasteiger partial charge in [-0.2, -0.15) is 0 Å². The van der Waals surface area contributed by atoms with Gasteiger partial charge in [-0.1, -0.05) is 12.1 Å². The van der Waals surface area contributed by atoms with Crippen molar-refractivity contribution in [1.29, 1.82) is 0 Å². The van der Waals surface area contributed by atoms with Gasteiger partial charge >= 0.3 is 0 Å². The van der Waals surface area contributed by atoms with E-state index in [0.29, 0.717) is 11.8 Å². The highest BCUT2D eigenvalue weighted by Gasteiger charge is 2.35. The van der Waals surface area contributed by atoms with Gasteiger partial charge in [-0.05, 0) is 70.2 Å². The highest BCUT2D eigenvalue weighted by atomic mass is 16.3. The van der Waals surface area contributed by atoms with Crippen molar-refractivity contribution in [2.24, 2.45) is 0 Å². The first kappa shape index (κ1) is 14.9. The lowest BCUT2D eigenvalue weighted by atomic mass is 9.96. The molecule has 2 fully saturated rings. The Balaban J connectivity index is 1.50. The van der Waals surface area contributed by atoms with Crippen LogP contribution in [0.25, 0.3) is 0 Å². The summed E-state index contributed by atoms with van der Waals surface area (Å²) in [7, 11) is 2.30. The predicted octanol–water partition coefficient (Wildman–Crippen LogP) is 2.93. The fourth-order valence-electron chi connectivity index (χ4n) is 3.96. The molecule has 0 radical (unpaired) electrons. The molecule has 0 aromatic heterocycles. The zero-order chi connectivity index (χ0) is 14.8. The minimum Gasteiger partial charge on any atom is -0.508 e. The first-order chi connectivity index (χ1) is 10.1. The number of aryl methyl sites for hydroxylation is 1. The molecule has 1 aromatic rings. The summed E-state index contributed by atoms with van der Waals surface area (Å²) in [4.78, 5) is 2.60. The Hall–Kier alpha value is -1.06. The molecule has 3 unspecified atom stereocenters. The van der Waals surface area contributed by atoms with Crippen LogP contribution in [-0.2, 0) is 6.42 Å². The van der Waals surface area contributed by atoms with Gasteiger partial charge in [0.2, 0.25) is 0 Å². The molecule has 116 valence electrons. The van der Waals surface area contributed by atoms with E-state index in [1.54, 1.807) is 12.1 Å². The molecule has 0 aliphatic carbocycles. The van der Waals surface area contributed by atoms with Gasteiger partial charge in [0.25, 0.3) is 0 Å². The number of rotatable bonds is 5. The van der Waals surface area contributed by atoms with Crippen LogP contribution >= 0.6 is 0 Å². The van der Waals surface area contributed by atoms with Crippen molar-refractivity contribution in [3.63, 3.8) is 0 Å². The van der Waals surface area contributed by atoms with E-state index in [0.717, 1.165) is 24.5 Å². The van der Waals surface area contributed by atoms with E-state index in [1.165, 1.54) is 37.7 Å². The highest BCUT2D eigenvalue weighted by molar-refractivity contribution is 5.25. The number of piperidine rings is 1. The van der Waals surface area contributed by atoms with Gasteiger partial charge in [0.15, 0.2) is 0 Å². The Labute approximate surface area is 128 Å². The van der Waals surface area contributed by atoms with Crippen molar-refractivity contribution >= 4 is 0 Å². The number of nitrogens with zero attached hydrogens (tertiary/aromatic N) is 1. The van der Waals surface area contributed by atoms with Crippen LogP contribution in [0.15, 0.2) is 24.3 Å². The van der Waals surface area contributed by atoms with Gasteiger partial charge in [-0.3, -0.25) is 0 Å². The minimum absolute atomic E-state index is 0.356. The summed E-state index contributed by atoms with van der Waals surface area (Å²) >= 11 is 0. The Kier molecular flexibility index (Phi) is 4.51. The van der Waals surface area contributed by atoms with Gasteiger partial charge in [0.05, 0.1) is 0 Å². The average molecular weight is 288 g/mol. The van der Waals surface area contributed by atoms with Crippen LogP contribution in [0.2, 0.25) is 0 Å². The van der Waals surface area contributed by atoms with Crippen molar-refractivity contribution in [1.82, 2.24) is 10.2 Å². The number of phenols is 1. The molecule has 2 heterocycles. The summed E-state index contributed by atoms with van der Waals surface area (Å²) in [5.74, 6) is 0.356. The van der Waals surface area contributed by atoms with E-state index < -0.39 is 0 Å². The van der Waals surface area contributed by atoms with Crippen molar-refractivity contribution in [3.8, 4) is 5.75 Å². The SMILES string of the molecule is CC(CCc1ccc(O)cc1)N(C)C1CC2CCC(C1)N2. The molecule has 2 bridgehead atoms. The Morgan fingerprint density at radius 3 is 2.43 bits per heavy atom. The molecule has 2 aliphatic rings. The molecule has 21 heavy (non-hydrogen) atoms. The van der Waals surface area contributed by atoms with E-state index in [2.05, 4.69) is 24.2 Å². The molecule has 3 heteroatoms. The molecule has 2 saturated heterocycles. The summed E-state index contributed by atoms with van der Waals surface area (Å²) in [6.07, 6.45) is 7.64. The number of aromatic hydroxyl groups is 1. The summed E-state index contributed by atoms with van der Waals surface area (Å²) < 4.78 is 0. The third-order valence-electron chi connectivity index (χ3n) is 5.51. The zero-order valence-corrected chi connectivity index (χ0v) is 13.3. The van der Waals surface area contributed by atoms with E-state index in [-0.39, 0.29) is 0 Å². The number of benzene rings is 1. The van der Waals surface area contributed by atoms with E-state index in [1.807, 2.05) is 12.1 Å². The van der Waals surface area contributed by atoms with E-state index in [9.17, 15) is 5.11 Å².